The first-order chi connectivity index (χ1) is 10.8. The lowest BCUT2D eigenvalue weighted by Crippen LogP contribution is -2.35. The fourth-order valence-electron chi connectivity index (χ4n) is 2.87. The molecule has 1 amide bonds. The molecule has 22 heavy (non-hydrogen) atoms. The van der Waals surface area contributed by atoms with Gasteiger partial charge in [0.2, 0.25) is 5.91 Å². The lowest BCUT2D eigenvalue weighted by atomic mass is 10.1. The zero-order valence-corrected chi connectivity index (χ0v) is 13.0. The van der Waals surface area contributed by atoms with Crippen LogP contribution in [-0.4, -0.2) is 28.9 Å². The second-order valence-electron chi connectivity index (χ2n) is 5.36. The zero-order valence-electron chi connectivity index (χ0n) is 12.2. The van der Waals surface area contributed by atoms with Gasteiger partial charge in [0.05, 0.1) is 23.3 Å². The van der Waals surface area contributed by atoms with Crippen molar-refractivity contribution in [2.75, 3.05) is 18.4 Å². The SMILES string of the molecule is O=C(CNc1ccccc1Cl)N1CCC[C@H]1c1ccncc1. The average Bonchev–Trinajstić information content (AvgIpc) is 3.04. The monoisotopic (exact) mass is 315 g/mol. The summed E-state index contributed by atoms with van der Waals surface area (Å²) in [6.07, 6.45) is 5.59. The first-order valence-electron chi connectivity index (χ1n) is 7.43. The fraction of sp³-hybridized carbons (Fsp3) is 0.294. The van der Waals surface area contributed by atoms with Crippen molar-refractivity contribution in [1.29, 1.82) is 0 Å². The van der Waals surface area contributed by atoms with E-state index >= 15 is 0 Å². The van der Waals surface area contributed by atoms with Gasteiger partial charge in [-0.25, -0.2) is 0 Å². The Morgan fingerprint density at radius 1 is 1.27 bits per heavy atom. The number of nitrogens with one attached hydrogen (secondary N) is 1. The third-order valence-electron chi connectivity index (χ3n) is 3.97. The van der Waals surface area contributed by atoms with Crippen LogP contribution >= 0.6 is 11.6 Å². The second kappa shape index (κ2) is 6.79. The van der Waals surface area contributed by atoms with E-state index in [4.69, 9.17) is 11.6 Å². The van der Waals surface area contributed by atoms with E-state index in [0.29, 0.717) is 5.02 Å². The molecule has 0 aliphatic carbocycles. The Bertz CT molecular complexity index is 647. The predicted molar refractivity (Wildman–Crippen MR) is 87.9 cm³/mol. The van der Waals surface area contributed by atoms with Crippen LogP contribution in [0.4, 0.5) is 5.69 Å². The first kappa shape index (κ1) is 14.9. The Labute approximate surface area is 135 Å². The Morgan fingerprint density at radius 3 is 2.82 bits per heavy atom. The number of para-hydroxylation sites is 1. The molecule has 2 aromatic rings. The van der Waals surface area contributed by atoms with Crippen molar-refractivity contribution in [1.82, 2.24) is 9.88 Å². The highest BCUT2D eigenvalue weighted by Gasteiger charge is 2.29. The summed E-state index contributed by atoms with van der Waals surface area (Å²) in [7, 11) is 0. The van der Waals surface area contributed by atoms with Crippen LogP contribution in [0.5, 0.6) is 0 Å². The molecule has 1 aliphatic heterocycles. The molecule has 2 heterocycles. The summed E-state index contributed by atoms with van der Waals surface area (Å²) < 4.78 is 0. The molecule has 1 N–H and O–H groups in total. The van der Waals surface area contributed by atoms with Crippen LogP contribution in [0.15, 0.2) is 48.8 Å². The van der Waals surface area contributed by atoms with Gasteiger partial charge < -0.3 is 10.2 Å². The normalized spacial score (nSPS) is 17.5. The van der Waals surface area contributed by atoms with Crippen molar-refractivity contribution >= 4 is 23.2 Å². The number of rotatable bonds is 4. The zero-order chi connectivity index (χ0) is 15.4. The summed E-state index contributed by atoms with van der Waals surface area (Å²) in [5.41, 5.74) is 1.94. The van der Waals surface area contributed by atoms with Gasteiger partial charge in [0.25, 0.3) is 0 Å². The summed E-state index contributed by atoms with van der Waals surface area (Å²) in [6.45, 7) is 1.06. The molecule has 0 spiro atoms. The van der Waals surface area contributed by atoms with Crippen molar-refractivity contribution in [3.8, 4) is 0 Å². The Kier molecular flexibility index (Phi) is 4.59. The maximum Gasteiger partial charge on any atom is 0.242 e. The molecule has 114 valence electrons. The van der Waals surface area contributed by atoms with Gasteiger partial charge >= 0.3 is 0 Å². The molecule has 0 radical (unpaired) electrons. The molecule has 4 nitrogen and oxygen atoms in total. The summed E-state index contributed by atoms with van der Waals surface area (Å²) in [5.74, 6) is 0.0965. The largest absolute Gasteiger partial charge is 0.375 e. The van der Waals surface area contributed by atoms with Gasteiger partial charge in [-0.1, -0.05) is 23.7 Å². The van der Waals surface area contributed by atoms with Crippen molar-refractivity contribution in [3.05, 3.63) is 59.4 Å². The number of hydrogen-bond donors (Lipinski definition) is 1. The van der Waals surface area contributed by atoms with Gasteiger partial charge in [-0.05, 0) is 42.7 Å². The van der Waals surface area contributed by atoms with E-state index in [2.05, 4.69) is 10.3 Å². The minimum atomic E-state index is 0.0965. The second-order valence-corrected chi connectivity index (χ2v) is 5.77. The van der Waals surface area contributed by atoms with Crippen LogP contribution in [0, 0.1) is 0 Å². The molecule has 1 fully saturated rings. The van der Waals surface area contributed by atoms with E-state index in [-0.39, 0.29) is 18.5 Å². The molecule has 1 atom stereocenters. The Balaban J connectivity index is 1.65. The van der Waals surface area contributed by atoms with Crippen LogP contribution in [0.3, 0.4) is 0 Å². The number of carbonyl (C=O) groups excluding carboxylic acids is 1. The number of carbonyl (C=O) groups is 1. The molecule has 1 aromatic heterocycles. The van der Waals surface area contributed by atoms with Gasteiger partial charge in [0, 0.05) is 18.9 Å². The molecule has 0 unspecified atom stereocenters. The lowest BCUT2D eigenvalue weighted by Gasteiger charge is -2.25. The quantitative estimate of drug-likeness (QED) is 0.939. The summed E-state index contributed by atoms with van der Waals surface area (Å²) in [5, 5.41) is 3.75. The Morgan fingerprint density at radius 2 is 2.05 bits per heavy atom. The number of nitrogens with zero attached hydrogens (tertiary/aromatic N) is 2. The molecule has 1 aliphatic rings. The third kappa shape index (κ3) is 3.22. The molecule has 1 aromatic carbocycles. The maximum atomic E-state index is 12.5. The summed E-state index contributed by atoms with van der Waals surface area (Å²) in [4.78, 5) is 18.5. The van der Waals surface area contributed by atoms with E-state index < -0.39 is 0 Å². The highest BCUT2D eigenvalue weighted by Crippen LogP contribution is 2.31. The number of pyridine rings is 1. The van der Waals surface area contributed by atoms with E-state index in [1.807, 2.05) is 41.3 Å². The number of amides is 1. The topological polar surface area (TPSA) is 45.2 Å². The van der Waals surface area contributed by atoms with Crippen LogP contribution < -0.4 is 5.32 Å². The Hall–Kier alpha value is -2.07. The smallest absolute Gasteiger partial charge is 0.242 e. The highest BCUT2D eigenvalue weighted by atomic mass is 35.5. The summed E-state index contributed by atoms with van der Waals surface area (Å²) >= 11 is 6.10. The maximum absolute atomic E-state index is 12.5. The van der Waals surface area contributed by atoms with E-state index in [1.165, 1.54) is 0 Å². The van der Waals surface area contributed by atoms with Crippen molar-refractivity contribution < 1.29 is 4.79 Å². The standard InChI is InChI=1S/C17H18ClN3O/c18-14-4-1-2-5-15(14)20-12-17(22)21-11-3-6-16(21)13-7-9-19-10-8-13/h1-2,4-5,7-10,16,20H,3,6,11-12H2/t16-/m0/s1. The van der Waals surface area contributed by atoms with Gasteiger partial charge in [-0.15, -0.1) is 0 Å². The first-order valence-corrected chi connectivity index (χ1v) is 7.81. The minimum absolute atomic E-state index is 0.0965. The van der Waals surface area contributed by atoms with E-state index in [0.717, 1.165) is 30.6 Å². The summed E-state index contributed by atoms with van der Waals surface area (Å²) in [6, 6.07) is 11.6. The van der Waals surface area contributed by atoms with Crippen molar-refractivity contribution in [2.24, 2.45) is 0 Å². The fourth-order valence-corrected chi connectivity index (χ4v) is 3.08. The highest BCUT2D eigenvalue weighted by molar-refractivity contribution is 6.33. The lowest BCUT2D eigenvalue weighted by molar-refractivity contribution is -0.130. The third-order valence-corrected chi connectivity index (χ3v) is 4.30. The van der Waals surface area contributed by atoms with Gasteiger partial charge in [-0.2, -0.15) is 0 Å². The number of hydrogen-bond acceptors (Lipinski definition) is 3. The van der Waals surface area contributed by atoms with E-state index in [1.54, 1.807) is 12.4 Å². The van der Waals surface area contributed by atoms with E-state index in [9.17, 15) is 4.79 Å². The number of likely N-dealkylation sites (tertiary alicyclic amines) is 1. The van der Waals surface area contributed by atoms with Crippen LogP contribution in [0.25, 0.3) is 0 Å². The molecule has 0 bridgehead atoms. The van der Waals surface area contributed by atoms with Crippen molar-refractivity contribution in [3.63, 3.8) is 0 Å². The molecule has 0 saturated carbocycles. The molecule has 5 heteroatoms. The van der Waals surface area contributed by atoms with Crippen LogP contribution in [0.1, 0.15) is 24.4 Å². The molecular formula is C17H18ClN3O. The minimum Gasteiger partial charge on any atom is -0.375 e. The molecule has 1 saturated heterocycles. The number of anilines is 1. The number of benzene rings is 1. The van der Waals surface area contributed by atoms with Gasteiger partial charge in [0.15, 0.2) is 0 Å². The van der Waals surface area contributed by atoms with Gasteiger partial charge in [-0.3, -0.25) is 9.78 Å². The number of halogens is 1. The predicted octanol–water partition coefficient (Wildman–Crippen LogP) is 3.51. The van der Waals surface area contributed by atoms with Crippen LogP contribution in [0.2, 0.25) is 5.02 Å². The molecule has 3 rings (SSSR count). The van der Waals surface area contributed by atoms with Crippen molar-refractivity contribution in [2.45, 2.75) is 18.9 Å². The molecular weight excluding hydrogens is 298 g/mol. The van der Waals surface area contributed by atoms with Crippen LogP contribution in [-0.2, 0) is 4.79 Å². The average molecular weight is 316 g/mol. The number of aromatic nitrogens is 1. The van der Waals surface area contributed by atoms with Gasteiger partial charge in [0.1, 0.15) is 0 Å².